The molecule has 0 radical (unpaired) electrons. The molecule has 0 amide bonds. The Labute approximate surface area is 141 Å². The molecule has 24 heavy (non-hydrogen) atoms. The third kappa shape index (κ3) is 1.98. The number of benzene rings is 2. The van der Waals surface area contributed by atoms with Crippen molar-refractivity contribution in [3.8, 4) is 0 Å². The molecule has 3 aliphatic carbocycles. The second-order valence-electron chi connectivity index (χ2n) is 6.89. The molecule has 0 saturated heterocycles. The van der Waals surface area contributed by atoms with Crippen LogP contribution in [-0.4, -0.2) is 0 Å². The fourth-order valence-electron chi connectivity index (χ4n) is 4.54. The molecule has 0 N–H and O–H groups in total. The van der Waals surface area contributed by atoms with Crippen molar-refractivity contribution < 1.29 is 0 Å². The molecule has 1 heteroatoms. The predicted molar refractivity (Wildman–Crippen MR) is 96.7 cm³/mol. The summed E-state index contributed by atoms with van der Waals surface area (Å²) in [7, 11) is 0. The van der Waals surface area contributed by atoms with Crippen LogP contribution in [0.5, 0.6) is 0 Å². The molecule has 0 aromatic heterocycles. The first-order chi connectivity index (χ1) is 11.8. The van der Waals surface area contributed by atoms with Crippen LogP contribution in [0.15, 0.2) is 77.6 Å². The molecule has 3 aliphatic rings. The average Bonchev–Trinajstić information content (AvgIpc) is 2.76. The van der Waals surface area contributed by atoms with Crippen molar-refractivity contribution >= 4 is 0 Å². The summed E-state index contributed by atoms with van der Waals surface area (Å²) in [4.78, 5) is 11.8. The molecular formula is C23H18O. The number of rotatable bonds is 0. The van der Waals surface area contributed by atoms with Gasteiger partial charge in [-0.25, -0.2) is 0 Å². The lowest BCUT2D eigenvalue weighted by molar-refractivity contribution is 0.655. The zero-order valence-electron chi connectivity index (χ0n) is 13.4. The van der Waals surface area contributed by atoms with E-state index in [0.717, 1.165) is 12.8 Å². The van der Waals surface area contributed by atoms with E-state index in [9.17, 15) is 4.79 Å². The van der Waals surface area contributed by atoms with Gasteiger partial charge in [-0.2, -0.15) is 0 Å². The van der Waals surface area contributed by atoms with Crippen LogP contribution < -0.4 is 5.43 Å². The van der Waals surface area contributed by atoms with E-state index in [1.165, 1.54) is 33.4 Å². The van der Waals surface area contributed by atoms with Gasteiger partial charge in [0.2, 0.25) is 0 Å². The molecule has 1 nitrogen and oxygen atoms in total. The quantitative estimate of drug-likeness (QED) is 0.600. The Morgan fingerprint density at radius 1 is 0.542 bits per heavy atom. The van der Waals surface area contributed by atoms with Gasteiger partial charge in [0.05, 0.1) is 0 Å². The molecule has 3 aromatic rings. The average molecular weight is 310 g/mol. The van der Waals surface area contributed by atoms with E-state index >= 15 is 0 Å². The van der Waals surface area contributed by atoms with E-state index in [1.54, 1.807) is 12.1 Å². The molecule has 0 atom stereocenters. The summed E-state index contributed by atoms with van der Waals surface area (Å²) in [5.74, 6) is 0.760. The predicted octanol–water partition coefficient (Wildman–Crippen LogP) is 4.42. The van der Waals surface area contributed by atoms with E-state index in [0.29, 0.717) is 11.8 Å². The van der Waals surface area contributed by atoms with Crippen LogP contribution in [0.3, 0.4) is 0 Å². The van der Waals surface area contributed by atoms with E-state index in [1.807, 2.05) is 12.1 Å². The lowest BCUT2D eigenvalue weighted by Gasteiger charge is -2.37. The molecule has 0 saturated carbocycles. The Hall–Kier alpha value is -2.67. The van der Waals surface area contributed by atoms with E-state index in [4.69, 9.17) is 0 Å². The van der Waals surface area contributed by atoms with Crippen molar-refractivity contribution in [2.24, 2.45) is 0 Å². The minimum absolute atomic E-state index is 0.0872. The highest BCUT2D eigenvalue weighted by atomic mass is 16.1. The zero-order valence-corrected chi connectivity index (χ0v) is 13.4. The van der Waals surface area contributed by atoms with Gasteiger partial charge in [0, 0.05) is 11.8 Å². The summed E-state index contributed by atoms with van der Waals surface area (Å²) in [6, 6.07) is 25.3. The van der Waals surface area contributed by atoms with Gasteiger partial charge in [0.15, 0.2) is 5.43 Å². The van der Waals surface area contributed by atoms with Gasteiger partial charge in [-0.3, -0.25) is 4.79 Å². The molecule has 6 rings (SSSR count). The van der Waals surface area contributed by atoms with Crippen molar-refractivity contribution in [1.29, 1.82) is 0 Å². The molecule has 0 heterocycles. The zero-order chi connectivity index (χ0) is 16.1. The smallest absolute Gasteiger partial charge is 0.178 e. The van der Waals surface area contributed by atoms with Gasteiger partial charge in [0.25, 0.3) is 0 Å². The third-order valence-electron chi connectivity index (χ3n) is 5.65. The molecular weight excluding hydrogens is 292 g/mol. The van der Waals surface area contributed by atoms with Crippen LogP contribution >= 0.6 is 0 Å². The molecule has 3 aromatic carbocycles. The third-order valence-corrected chi connectivity index (χ3v) is 5.65. The Morgan fingerprint density at radius 3 is 1.29 bits per heavy atom. The second-order valence-corrected chi connectivity index (χ2v) is 6.89. The van der Waals surface area contributed by atoms with Crippen LogP contribution in [0.1, 0.15) is 45.2 Å². The van der Waals surface area contributed by atoms with Crippen LogP contribution in [0.2, 0.25) is 0 Å². The van der Waals surface area contributed by atoms with Crippen molar-refractivity contribution in [1.82, 2.24) is 0 Å². The first-order valence-electron chi connectivity index (χ1n) is 8.61. The highest BCUT2D eigenvalue weighted by Gasteiger charge is 2.34. The topological polar surface area (TPSA) is 17.1 Å². The summed E-state index contributed by atoms with van der Waals surface area (Å²) < 4.78 is 0. The van der Waals surface area contributed by atoms with Crippen molar-refractivity contribution in [2.75, 3.05) is 0 Å². The highest BCUT2D eigenvalue weighted by Crippen LogP contribution is 2.47. The monoisotopic (exact) mass is 310 g/mol. The van der Waals surface area contributed by atoms with Crippen molar-refractivity contribution in [2.45, 2.75) is 24.7 Å². The summed E-state index contributed by atoms with van der Waals surface area (Å²) >= 11 is 0. The van der Waals surface area contributed by atoms with E-state index in [2.05, 4.69) is 48.5 Å². The minimum Gasteiger partial charge on any atom is -0.290 e. The lowest BCUT2D eigenvalue weighted by atomic mass is 9.66. The Bertz CT molecular complexity index is 877. The summed E-state index contributed by atoms with van der Waals surface area (Å²) in [6.07, 6.45) is 1.92. The minimum atomic E-state index is 0.0872. The van der Waals surface area contributed by atoms with Crippen molar-refractivity contribution in [3.63, 3.8) is 0 Å². The molecule has 0 spiro atoms. The number of hydrogen-bond donors (Lipinski definition) is 0. The van der Waals surface area contributed by atoms with Gasteiger partial charge < -0.3 is 0 Å². The Morgan fingerprint density at radius 2 is 0.917 bits per heavy atom. The number of hydrogen-bond acceptors (Lipinski definition) is 1. The molecule has 0 aliphatic heterocycles. The standard InChI is InChI=1S/C23H18O/c24-17-11-9-15-13-22-18-5-1-2-6-19(18)23(14-16(15)10-12-17)21-8-4-3-7-20(21)22/h1-12,22-23H,13-14H2. The van der Waals surface area contributed by atoms with Crippen LogP contribution in [-0.2, 0) is 12.8 Å². The normalized spacial score (nSPS) is 20.3. The molecule has 116 valence electrons. The maximum Gasteiger partial charge on any atom is 0.178 e. The first kappa shape index (κ1) is 13.7. The van der Waals surface area contributed by atoms with Gasteiger partial charge in [-0.05, 0) is 58.4 Å². The fraction of sp³-hybridized carbons (Fsp3) is 0.174. The largest absolute Gasteiger partial charge is 0.290 e. The summed E-state index contributed by atoms with van der Waals surface area (Å²) in [6.45, 7) is 0. The first-order valence-corrected chi connectivity index (χ1v) is 8.61. The maximum atomic E-state index is 11.8. The lowest BCUT2D eigenvalue weighted by Crippen LogP contribution is -2.24. The summed E-state index contributed by atoms with van der Waals surface area (Å²) in [5.41, 5.74) is 8.55. The fourth-order valence-corrected chi connectivity index (χ4v) is 4.54. The summed E-state index contributed by atoms with van der Waals surface area (Å²) in [5, 5.41) is 0. The second kappa shape index (κ2) is 5.17. The van der Waals surface area contributed by atoms with E-state index in [-0.39, 0.29) is 5.43 Å². The Kier molecular flexibility index (Phi) is 2.96. The van der Waals surface area contributed by atoms with Crippen LogP contribution in [0.4, 0.5) is 0 Å². The van der Waals surface area contributed by atoms with Gasteiger partial charge in [-0.1, -0.05) is 60.7 Å². The van der Waals surface area contributed by atoms with E-state index < -0.39 is 0 Å². The van der Waals surface area contributed by atoms with Gasteiger partial charge >= 0.3 is 0 Å². The maximum absolute atomic E-state index is 11.8. The van der Waals surface area contributed by atoms with Crippen molar-refractivity contribution in [3.05, 3.63) is 116 Å². The highest BCUT2D eigenvalue weighted by molar-refractivity contribution is 5.56. The molecule has 0 unspecified atom stereocenters. The Balaban J connectivity index is 1.81. The SMILES string of the molecule is O=c1ccc2c(cc1)CC1c3ccccc3C(C2)c2ccccc21. The van der Waals surface area contributed by atoms with Crippen LogP contribution in [0, 0.1) is 0 Å². The van der Waals surface area contributed by atoms with Gasteiger partial charge in [-0.15, -0.1) is 0 Å². The molecule has 0 fully saturated rings. The molecule has 2 bridgehead atoms. The van der Waals surface area contributed by atoms with Gasteiger partial charge in [0.1, 0.15) is 0 Å². The van der Waals surface area contributed by atoms with Crippen LogP contribution in [0.25, 0.3) is 0 Å².